The molecule has 1 rings (SSSR count). The van der Waals surface area contributed by atoms with E-state index in [1.807, 2.05) is 6.92 Å². The zero-order valence-corrected chi connectivity index (χ0v) is 10.4. The Morgan fingerprint density at radius 1 is 1.47 bits per heavy atom. The highest BCUT2D eigenvalue weighted by atomic mass is 79.9. The van der Waals surface area contributed by atoms with Crippen molar-refractivity contribution in [2.45, 2.75) is 26.0 Å². The van der Waals surface area contributed by atoms with Crippen molar-refractivity contribution in [2.75, 3.05) is 6.54 Å². The van der Waals surface area contributed by atoms with Gasteiger partial charge in [-0.05, 0) is 32.0 Å². The van der Waals surface area contributed by atoms with Gasteiger partial charge in [0.25, 0.3) is 0 Å². The van der Waals surface area contributed by atoms with Gasteiger partial charge in [0, 0.05) is 22.6 Å². The molecular formula is C11H15BrFNO. The van der Waals surface area contributed by atoms with Crippen LogP contribution in [0.4, 0.5) is 4.39 Å². The maximum Gasteiger partial charge on any atom is 0.128 e. The lowest BCUT2D eigenvalue weighted by atomic mass is 10.1. The molecule has 0 radical (unpaired) electrons. The summed E-state index contributed by atoms with van der Waals surface area (Å²) in [7, 11) is 0. The predicted molar refractivity (Wildman–Crippen MR) is 62.2 cm³/mol. The number of aliphatic hydroxyl groups is 1. The summed E-state index contributed by atoms with van der Waals surface area (Å²) >= 11 is 3.30. The molecule has 0 aliphatic heterocycles. The summed E-state index contributed by atoms with van der Waals surface area (Å²) in [6, 6.07) is 4.73. The van der Waals surface area contributed by atoms with Crippen LogP contribution >= 0.6 is 15.9 Å². The van der Waals surface area contributed by atoms with E-state index in [0.717, 1.165) is 4.47 Å². The van der Waals surface area contributed by atoms with E-state index in [0.29, 0.717) is 12.1 Å². The first-order valence-electron chi connectivity index (χ1n) is 4.87. The van der Waals surface area contributed by atoms with E-state index >= 15 is 0 Å². The van der Waals surface area contributed by atoms with E-state index in [1.165, 1.54) is 6.07 Å². The fourth-order valence-corrected chi connectivity index (χ4v) is 1.68. The summed E-state index contributed by atoms with van der Waals surface area (Å²) in [5.41, 5.74) is 0.602. The first kappa shape index (κ1) is 12.6. The molecule has 0 aromatic heterocycles. The molecule has 0 amide bonds. The second kappa shape index (κ2) is 5.58. The molecule has 0 bridgehead atoms. The Balaban J connectivity index is 2.72. The van der Waals surface area contributed by atoms with Crippen LogP contribution in [0.25, 0.3) is 0 Å². The fraction of sp³-hybridized carbons (Fsp3) is 0.455. The quantitative estimate of drug-likeness (QED) is 0.886. The van der Waals surface area contributed by atoms with Gasteiger partial charge in [-0.25, -0.2) is 4.39 Å². The molecule has 0 spiro atoms. The lowest BCUT2D eigenvalue weighted by Crippen LogP contribution is -2.27. The fourth-order valence-electron chi connectivity index (χ4n) is 1.30. The third-order valence-corrected chi connectivity index (χ3v) is 2.64. The predicted octanol–water partition coefficient (Wildman–Crippen LogP) is 2.62. The smallest absolute Gasteiger partial charge is 0.128 e. The van der Waals surface area contributed by atoms with Crippen LogP contribution in [0.5, 0.6) is 0 Å². The zero-order chi connectivity index (χ0) is 11.4. The molecule has 2 nitrogen and oxygen atoms in total. The number of hydrogen-bond acceptors (Lipinski definition) is 2. The van der Waals surface area contributed by atoms with Crippen LogP contribution in [0.3, 0.4) is 0 Å². The van der Waals surface area contributed by atoms with Crippen LogP contribution < -0.4 is 5.32 Å². The molecule has 0 saturated heterocycles. The van der Waals surface area contributed by atoms with Crippen molar-refractivity contribution >= 4 is 15.9 Å². The average Bonchev–Trinajstić information content (AvgIpc) is 2.18. The molecule has 0 saturated carbocycles. The Morgan fingerprint density at radius 3 is 2.73 bits per heavy atom. The average molecular weight is 276 g/mol. The van der Waals surface area contributed by atoms with Crippen molar-refractivity contribution in [3.05, 3.63) is 34.1 Å². The van der Waals surface area contributed by atoms with E-state index in [4.69, 9.17) is 5.11 Å². The van der Waals surface area contributed by atoms with E-state index in [1.54, 1.807) is 19.1 Å². The molecule has 84 valence electrons. The molecular weight excluding hydrogens is 261 g/mol. The molecule has 0 fully saturated rings. The lowest BCUT2D eigenvalue weighted by Gasteiger charge is -2.16. The van der Waals surface area contributed by atoms with Crippen LogP contribution in [0.15, 0.2) is 22.7 Å². The number of benzene rings is 1. The third-order valence-electron chi connectivity index (χ3n) is 2.14. The second-order valence-corrected chi connectivity index (χ2v) is 4.56. The van der Waals surface area contributed by atoms with Crippen LogP contribution in [0.1, 0.15) is 25.5 Å². The van der Waals surface area contributed by atoms with Gasteiger partial charge in [-0.2, -0.15) is 0 Å². The van der Waals surface area contributed by atoms with Gasteiger partial charge in [-0.3, -0.25) is 0 Å². The minimum Gasteiger partial charge on any atom is -0.392 e. The Hall–Kier alpha value is -0.450. The maximum atomic E-state index is 13.4. The van der Waals surface area contributed by atoms with Crippen molar-refractivity contribution in [3.8, 4) is 0 Å². The Kier molecular flexibility index (Phi) is 4.70. The Labute approximate surface area is 97.6 Å². The number of nitrogens with one attached hydrogen (secondary N) is 1. The molecule has 2 N–H and O–H groups in total. The van der Waals surface area contributed by atoms with Crippen LogP contribution in [0, 0.1) is 5.82 Å². The third kappa shape index (κ3) is 3.89. The highest BCUT2D eigenvalue weighted by Gasteiger charge is 2.11. The van der Waals surface area contributed by atoms with Gasteiger partial charge in [0.15, 0.2) is 0 Å². The molecule has 15 heavy (non-hydrogen) atoms. The van der Waals surface area contributed by atoms with Crippen LogP contribution in [-0.2, 0) is 0 Å². The molecule has 2 atom stereocenters. The summed E-state index contributed by atoms with van der Waals surface area (Å²) in [4.78, 5) is 0. The zero-order valence-electron chi connectivity index (χ0n) is 8.80. The van der Waals surface area contributed by atoms with Gasteiger partial charge in [0.2, 0.25) is 0 Å². The number of halogens is 2. The first-order valence-corrected chi connectivity index (χ1v) is 5.66. The van der Waals surface area contributed by atoms with Gasteiger partial charge in [-0.15, -0.1) is 0 Å². The van der Waals surface area contributed by atoms with Crippen LogP contribution in [-0.4, -0.2) is 17.8 Å². The minimum atomic E-state index is -0.428. The number of aliphatic hydroxyl groups excluding tert-OH is 1. The summed E-state index contributed by atoms with van der Waals surface area (Å²) in [6.45, 7) is 4.01. The maximum absolute atomic E-state index is 13.4. The van der Waals surface area contributed by atoms with E-state index < -0.39 is 6.10 Å². The summed E-state index contributed by atoms with van der Waals surface area (Å²) in [6.07, 6.45) is -0.428. The first-order chi connectivity index (χ1) is 7.00. The van der Waals surface area contributed by atoms with Crippen molar-refractivity contribution in [2.24, 2.45) is 0 Å². The molecule has 1 unspecified atom stereocenters. The van der Waals surface area contributed by atoms with Gasteiger partial charge < -0.3 is 10.4 Å². The van der Waals surface area contributed by atoms with Crippen molar-refractivity contribution in [1.82, 2.24) is 5.32 Å². The minimum absolute atomic E-state index is 0.114. The second-order valence-electron chi connectivity index (χ2n) is 3.64. The highest BCUT2D eigenvalue weighted by molar-refractivity contribution is 9.10. The Morgan fingerprint density at radius 2 is 2.13 bits per heavy atom. The summed E-state index contributed by atoms with van der Waals surface area (Å²) in [5, 5.41) is 12.2. The lowest BCUT2D eigenvalue weighted by molar-refractivity contribution is 0.187. The molecule has 0 aliphatic rings. The molecule has 1 aromatic carbocycles. The molecule has 0 aliphatic carbocycles. The topological polar surface area (TPSA) is 32.3 Å². The van der Waals surface area contributed by atoms with Crippen LogP contribution in [0.2, 0.25) is 0 Å². The molecule has 0 heterocycles. The van der Waals surface area contributed by atoms with E-state index in [9.17, 15) is 4.39 Å². The standard InChI is InChI=1S/C11H15BrFNO/c1-7(15)6-14-8(2)10-5-9(12)3-4-11(10)13/h3-5,7-8,14-15H,6H2,1-2H3/t7-,8?/m0/s1. The SMILES string of the molecule is CC(NC[C@H](C)O)c1cc(Br)ccc1F. The molecule has 1 aromatic rings. The number of rotatable bonds is 4. The van der Waals surface area contributed by atoms with Crippen molar-refractivity contribution < 1.29 is 9.50 Å². The van der Waals surface area contributed by atoms with Crippen molar-refractivity contribution in [3.63, 3.8) is 0 Å². The van der Waals surface area contributed by atoms with Gasteiger partial charge in [0.1, 0.15) is 5.82 Å². The summed E-state index contributed by atoms with van der Waals surface area (Å²) in [5.74, 6) is -0.233. The Bertz CT molecular complexity index is 330. The van der Waals surface area contributed by atoms with Gasteiger partial charge >= 0.3 is 0 Å². The highest BCUT2D eigenvalue weighted by Crippen LogP contribution is 2.21. The normalized spacial score (nSPS) is 15.0. The van der Waals surface area contributed by atoms with E-state index in [-0.39, 0.29) is 11.9 Å². The summed E-state index contributed by atoms with van der Waals surface area (Å²) < 4.78 is 14.3. The van der Waals surface area contributed by atoms with E-state index in [2.05, 4.69) is 21.2 Å². The number of hydrogen-bond donors (Lipinski definition) is 2. The monoisotopic (exact) mass is 275 g/mol. The largest absolute Gasteiger partial charge is 0.392 e. The van der Waals surface area contributed by atoms with Gasteiger partial charge in [-0.1, -0.05) is 15.9 Å². The van der Waals surface area contributed by atoms with Gasteiger partial charge in [0.05, 0.1) is 6.10 Å². The molecule has 4 heteroatoms. The van der Waals surface area contributed by atoms with Crippen molar-refractivity contribution in [1.29, 1.82) is 0 Å².